The molecule has 1 atom stereocenters. The summed E-state index contributed by atoms with van der Waals surface area (Å²) in [5.74, 6) is 0.953. The van der Waals surface area contributed by atoms with Crippen molar-refractivity contribution in [1.29, 1.82) is 0 Å². The number of piperazine rings is 1. The van der Waals surface area contributed by atoms with Gasteiger partial charge in [-0.25, -0.2) is 4.63 Å². The maximum absolute atomic E-state index is 9.62. The number of fused-ring (bicyclic) bond motifs is 1. The van der Waals surface area contributed by atoms with Crippen molar-refractivity contribution in [2.45, 2.75) is 32.5 Å². The second kappa shape index (κ2) is 9.35. The van der Waals surface area contributed by atoms with Crippen molar-refractivity contribution in [2.75, 3.05) is 32.8 Å². The molecule has 7 heteroatoms. The monoisotopic (exact) mass is 396 g/mol. The van der Waals surface area contributed by atoms with Gasteiger partial charge >= 0.3 is 0 Å². The SMILES string of the molecule is CCOc1ccccc1CN1CCN(Cc2ccc3nonc3c2)C[C@H]1CCO. The third-order valence-corrected chi connectivity index (χ3v) is 5.52. The minimum absolute atomic E-state index is 0.193. The van der Waals surface area contributed by atoms with Gasteiger partial charge in [0.25, 0.3) is 0 Å². The molecule has 2 aromatic carbocycles. The molecule has 3 aromatic rings. The summed E-state index contributed by atoms with van der Waals surface area (Å²) in [4.78, 5) is 4.91. The van der Waals surface area contributed by atoms with Crippen LogP contribution in [0, 0.1) is 0 Å². The highest BCUT2D eigenvalue weighted by molar-refractivity contribution is 5.73. The van der Waals surface area contributed by atoms with Crippen molar-refractivity contribution < 1.29 is 14.5 Å². The smallest absolute Gasteiger partial charge is 0.135 e. The first kappa shape index (κ1) is 19.8. The van der Waals surface area contributed by atoms with Gasteiger partial charge in [-0.3, -0.25) is 9.80 Å². The fourth-order valence-electron chi connectivity index (χ4n) is 4.07. The molecule has 1 N–H and O–H groups in total. The number of aliphatic hydroxyl groups excluding tert-OH is 1. The Balaban J connectivity index is 1.43. The fraction of sp³-hybridized carbons (Fsp3) is 0.455. The van der Waals surface area contributed by atoms with Gasteiger partial charge in [0.2, 0.25) is 0 Å². The topological polar surface area (TPSA) is 74.9 Å². The maximum Gasteiger partial charge on any atom is 0.135 e. The molecule has 0 saturated carbocycles. The zero-order chi connectivity index (χ0) is 20.1. The molecule has 0 unspecified atom stereocenters. The minimum Gasteiger partial charge on any atom is -0.494 e. The number of aromatic nitrogens is 2. The summed E-state index contributed by atoms with van der Waals surface area (Å²) < 4.78 is 10.6. The van der Waals surface area contributed by atoms with Crippen LogP contribution in [0.25, 0.3) is 11.0 Å². The zero-order valence-corrected chi connectivity index (χ0v) is 16.8. The number of nitrogens with zero attached hydrogens (tertiary/aromatic N) is 4. The van der Waals surface area contributed by atoms with E-state index in [0.29, 0.717) is 12.6 Å². The summed E-state index contributed by atoms with van der Waals surface area (Å²) in [5, 5.41) is 17.4. The van der Waals surface area contributed by atoms with Crippen LogP contribution in [-0.4, -0.2) is 64.1 Å². The molecule has 1 aliphatic heterocycles. The lowest BCUT2D eigenvalue weighted by Gasteiger charge is -2.41. The summed E-state index contributed by atoms with van der Waals surface area (Å²) in [6.07, 6.45) is 0.763. The van der Waals surface area contributed by atoms with E-state index in [1.807, 2.05) is 31.2 Å². The molecular formula is C22H28N4O3. The van der Waals surface area contributed by atoms with Crippen molar-refractivity contribution >= 4 is 11.0 Å². The highest BCUT2D eigenvalue weighted by Gasteiger charge is 2.27. The molecule has 0 spiro atoms. The Morgan fingerprint density at radius 3 is 2.83 bits per heavy atom. The predicted molar refractivity (Wildman–Crippen MR) is 111 cm³/mol. The zero-order valence-electron chi connectivity index (χ0n) is 16.8. The number of aliphatic hydroxyl groups is 1. The van der Waals surface area contributed by atoms with E-state index in [0.717, 1.165) is 55.9 Å². The van der Waals surface area contributed by atoms with Gasteiger partial charge in [-0.15, -0.1) is 0 Å². The van der Waals surface area contributed by atoms with Crippen molar-refractivity contribution in [3.63, 3.8) is 0 Å². The molecule has 1 aromatic heterocycles. The molecule has 1 saturated heterocycles. The minimum atomic E-state index is 0.193. The third-order valence-electron chi connectivity index (χ3n) is 5.52. The quantitative estimate of drug-likeness (QED) is 0.627. The van der Waals surface area contributed by atoms with E-state index in [4.69, 9.17) is 9.37 Å². The van der Waals surface area contributed by atoms with Crippen LogP contribution in [0.1, 0.15) is 24.5 Å². The summed E-state index contributed by atoms with van der Waals surface area (Å²) >= 11 is 0. The van der Waals surface area contributed by atoms with Crippen LogP contribution in [0.15, 0.2) is 47.1 Å². The van der Waals surface area contributed by atoms with E-state index in [1.54, 1.807) is 0 Å². The Kier molecular flexibility index (Phi) is 6.39. The summed E-state index contributed by atoms with van der Waals surface area (Å²) in [6.45, 7) is 7.42. The number of hydrogen-bond acceptors (Lipinski definition) is 7. The molecular weight excluding hydrogens is 368 g/mol. The average Bonchev–Trinajstić information content (AvgIpc) is 3.19. The second-order valence-corrected chi connectivity index (χ2v) is 7.50. The van der Waals surface area contributed by atoms with E-state index in [-0.39, 0.29) is 6.61 Å². The number of ether oxygens (including phenoxy) is 1. The summed E-state index contributed by atoms with van der Waals surface area (Å²) in [7, 11) is 0. The van der Waals surface area contributed by atoms with Gasteiger partial charge in [0.05, 0.1) is 6.61 Å². The number of para-hydroxylation sites is 1. The predicted octanol–water partition coefficient (Wildman–Crippen LogP) is 2.69. The molecule has 0 aliphatic carbocycles. The number of rotatable bonds is 8. The summed E-state index contributed by atoms with van der Waals surface area (Å²) in [6, 6.07) is 14.6. The fourth-order valence-corrected chi connectivity index (χ4v) is 4.07. The Labute approximate surface area is 170 Å². The lowest BCUT2D eigenvalue weighted by atomic mass is 10.1. The van der Waals surface area contributed by atoms with Gasteiger partial charge < -0.3 is 9.84 Å². The van der Waals surface area contributed by atoms with Gasteiger partial charge in [-0.05, 0) is 47.4 Å². The normalized spacial score (nSPS) is 18.3. The molecule has 2 heterocycles. The van der Waals surface area contributed by atoms with E-state index in [2.05, 4.69) is 38.3 Å². The van der Waals surface area contributed by atoms with Gasteiger partial charge in [0, 0.05) is 50.9 Å². The van der Waals surface area contributed by atoms with E-state index >= 15 is 0 Å². The van der Waals surface area contributed by atoms with Gasteiger partial charge in [0.15, 0.2) is 0 Å². The first-order valence-electron chi connectivity index (χ1n) is 10.3. The van der Waals surface area contributed by atoms with Crippen LogP contribution in [0.4, 0.5) is 0 Å². The van der Waals surface area contributed by atoms with Gasteiger partial charge in [-0.2, -0.15) is 0 Å². The first-order chi connectivity index (χ1) is 14.3. The van der Waals surface area contributed by atoms with Crippen LogP contribution >= 0.6 is 0 Å². The lowest BCUT2D eigenvalue weighted by molar-refractivity contribution is 0.0494. The molecule has 4 rings (SSSR count). The van der Waals surface area contributed by atoms with Crippen LogP contribution in [0.5, 0.6) is 5.75 Å². The second-order valence-electron chi connectivity index (χ2n) is 7.50. The summed E-state index contributed by atoms with van der Waals surface area (Å²) in [5.41, 5.74) is 3.98. The van der Waals surface area contributed by atoms with Crippen molar-refractivity contribution in [3.05, 3.63) is 53.6 Å². The first-order valence-corrected chi connectivity index (χ1v) is 10.3. The van der Waals surface area contributed by atoms with Crippen molar-refractivity contribution in [2.24, 2.45) is 0 Å². The maximum atomic E-state index is 9.62. The van der Waals surface area contributed by atoms with Crippen LogP contribution in [0.3, 0.4) is 0 Å². The van der Waals surface area contributed by atoms with Gasteiger partial charge in [0.1, 0.15) is 16.8 Å². The largest absolute Gasteiger partial charge is 0.494 e. The molecule has 0 amide bonds. The molecule has 1 fully saturated rings. The van der Waals surface area contributed by atoms with Crippen LogP contribution < -0.4 is 4.74 Å². The molecule has 0 radical (unpaired) electrons. The van der Waals surface area contributed by atoms with Crippen LogP contribution in [0.2, 0.25) is 0 Å². The van der Waals surface area contributed by atoms with Crippen molar-refractivity contribution in [3.8, 4) is 5.75 Å². The van der Waals surface area contributed by atoms with Crippen LogP contribution in [-0.2, 0) is 13.1 Å². The average molecular weight is 396 g/mol. The molecule has 1 aliphatic rings. The van der Waals surface area contributed by atoms with Crippen molar-refractivity contribution in [1.82, 2.24) is 20.1 Å². The Morgan fingerprint density at radius 1 is 1.10 bits per heavy atom. The third kappa shape index (κ3) is 4.75. The standard InChI is InChI=1S/C22H28N4O3/c1-2-28-22-6-4-3-5-18(22)15-26-11-10-25(16-19(26)9-12-27)14-17-7-8-20-21(13-17)24-29-23-20/h3-8,13,19,27H,2,9-12,14-16H2,1H3/t19-/m1/s1. The molecule has 29 heavy (non-hydrogen) atoms. The highest BCUT2D eigenvalue weighted by atomic mass is 16.6. The van der Waals surface area contributed by atoms with E-state index in [9.17, 15) is 5.11 Å². The Bertz CT molecular complexity index is 929. The molecule has 7 nitrogen and oxygen atoms in total. The lowest BCUT2D eigenvalue weighted by Crippen LogP contribution is -2.52. The highest BCUT2D eigenvalue weighted by Crippen LogP contribution is 2.24. The van der Waals surface area contributed by atoms with E-state index in [1.165, 1.54) is 11.1 Å². The van der Waals surface area contributed by atoms with Gasteiger partial charge in [-0.1, -0.05) is 24.3 Å². The molecule has 0 bridgehead atoms. The number of hydrogen-bond donors (Lipinski definition) is 1. The molecule has 154 valence electrons. The Hall–Kier alpha value is -2.48. The number of benzene rings is 2. The Morgan fingerprint density at radius 2 is 1.97 bits per heavy atom. The van der Waals surface area contributed by atoms with E-state index < -0.39 is 0 Å².